The van der Waals surface area contributed by atoms with E-state index < -0.39 is 37.2 Å². The van der Waals surface area contributed by atoms with Gasteiger partial charge >= 0.3 is 5.97 Å². The van der Waals surface area contributed by atoms with Crippen LogP contribution >= 0.6 is 0 Å². The van der Waals surface area contributed by atoms with E-state index >= 15 is 0 Å². The van der Waals surface area contributed by atoms with Gasteiger partial charge in [0.2, 0.25) is 0 Å². The maximum atomic E-state index is 11.7. The number of rotatable bonds is 11. The van der Waals surface area contributed by atoms with E-state index in [2.05, 4.69) is 0 Å². The predicted molar refractivity (Wildman–Crippen MR) is 85.0 cm³/mol. The van der Waals surface area contributed by atoms with Crippen molar-refractivity contribution in [1.29, 1.82) is 0 Å². The molecule has 0 aromatic heterocycles. The Morgan fingerprint density at radius 2 is 1.70 bits per heavy atom. The van der Waals surface area contributed by atoms with Crippen LogP contribution in [0.3, 0.4) is 0 Å². The topological polar surface area (TPSA) is 124 Å². The third-order valence-corrected chi connectivity index (χ3v) is 4.99. The van der Waals surface area contributed by atoms with Gasteiger partial charge in [0, 0.05) is 0 Å². The fourth-order valence-corrected chi connectivity index (χ4v) is 3.20. The second-order valence-electron chi connectivity index (χ2n) is 6.40. The summed E-state index contributed by atoms with van der Waals surface area (Å²) in [6.45, 7) is 7.02. The first-order valence-corrected chi connectivity index (χ1v) is 10.4. The summed E-state index contributed by atoms with van der Waals surface area (Å²) in [6.07, 6.45) is 0.180. The molecule has 23 heavy (non-hydrogen) atoms. The smallest absolute Gasteiger partial charge is 0.308 e. The summed E-state index contributed by atoms with van der Waals surface area (Å²) in [5.74, 6) is -1.67. The van der Waals surface area contributed by atoms with Crippen molar-refractivity contribution in [3.8, 4) is 0 Å². The molecule has 0 aliphatic carbocycles. The van der Waals surface area contributed by atoms with Crippen LogP contribution in [-0.2, 0) is 34.0 Å². The van der Waals surface area contributed by atoms with Crippen LogP contribution in [0.5, 0.6) is 0 Å². The maximum Gasteiger partial charge on any atom is 0.308 e. The van der Waals surface area contributed by atoms with Gasteiger partial charge in [0.05, 0.1) is 30.6 Å². The molecule has 0 spiro atoms. The molecule has 0 radical (unpaired) electrons. The van der Waals surface area contributed by atoms with Crippen LogP contribution in [0.15, 0.2) is 0 Å². The quantitative estimate of drug-likeness (QED) is 0.325. The number of carbonyl (C=O) groups excluding carboxylic acids is 1. The molecule has 8 nitrogen and oxygen atoms in total. The van der Waals surface area contributed by atoms with E-state index in [1.165, 1.54) is 0 Å². The summed E-state index contributed by atoms with van der Waals surface area (Å²) in [6, 6.07) is 0. The molecule has 0 bridgehead atoms. The summed E-state index contributed by atoms with van der Waals surface area (Å²) in [5, 5.41) is 0. The van der Waals surface area contributed by atoms with E-state index in [9.17, 15) is 21.6 Å². The van der Waals surface area contributed by atoms with Crippen LogP contribution in [0.1, 0.15) is 40.5 Å². The normalized spacial score (nSPS) is 13.3. The number of carbonyl (C=O) groups is 1. The first-order valence-electron chi connectivity index (χ1n) is 7.23. The van der Waals surface area contributed by atoms with E-state index in [0.717, 1.165) is 0 Å². The highest BCUT2D eigenvalue weighted by atomic mass is 32.2. The zero-order valence-electron chi connectivity index (χ0n) is 13.9. The largest absolute Gasteiger partial charge is 0.465 e. The molecular formula is C13H26O8S2. The Bertz CT molecular complexity index is 575. The predicted octanol–water partition coefficient (Wildman–Crippen LogP) is 1.23. The second kappa shape index (κ2) is 8.95. The number of ether oxygens (including phenoxy) is 1. The van der Waals surface area contributed by atoms with Gasteiger partial charge in [0.25, 0.3) is 20.2 Å². The summed E-state index contributed by atoms with van der Waals surface area (Å²) in [4.78, 5) is 11.3. The molecule has 10 heteroatoms. The first kappa shape index (κ1) is 22.3. The Hall–Kier alpha value is -0.710. The minimum atomic E-state index is -4.19. The van der Waals surface area contributed by atoms with Crippen molar-refractivity contribution >= 4 is 26.2 Å². The standard InChI is InChI=1S/C13H26O8S2/c1-11(2)12(14)20-7-6-13(3,4)10-21-23(18,19)9-5-8-22(15,16)17/h11H,5-10H2,1-4H3,(H,15,16,17). The molecule has 138 valence electrons. The van der Waals surface area contributed by atoms with Crippen LogP contribution in [-0.4, -0.2) is 52.1 Å². The zero-order chi connectivity index (χ0) is 18.3. The molecule has 0 atom stereocenters. The Balaban J connectivity index is 4.22. The van der Waals surface area contributed by atoms with Crippen LogP contribution in [0.25, 0.3) is 0 Å². The molecule has 0 aliphatic heterocycles. The van der Waals surface area contributed by atoms with Crippen molar-refractivity contribution in [2.75, 3.05) is 24.7 Å². The molecule has 0 heterocycles. The van der Waals surface area contributed by atoms with Crippen molar-refractivity contribution < 1.29 is 35.1 Å². The van der Waals surface area contributed by atoms with Gasteiger partial charge in [-0.05, 0) is 18.3 Å². The lowest BCUT2D eigenvalue weighted by Crippen LogP contribution is -2.26. The van der Waals surface area contributed by atoms with Crippen molar-refractivity contribution in [1.82, 2.24) is 0 Å². The Morgan fingerprint density at radius 1 is 1.13 bits per heavy atom. The van der Waals surface area contributed by atoms with Gasteiger partial charge in [-0.1, -0.05) is 27.7 Å². The van der Waals surface area contributed by atoms with E-state index in [-0.39, 0.29) is 31.5 Å². The number of hydrogen-bond acceptors (Lipinski definition) is 7. The minimum absolute atomic E-state index is 0.111. The average molecular weight is 374 g/mol. The molecular weight excluding hydrogens is 348 g/mol. The third kappa shape index (κ3) is 12.4. The lowest BCUT2D eigenvalue weighted by molar-refractivity contribution is -0.148. The van der Waals surface area contributed by atoms with Crippen LogP contribution in [0.4, 0.5) is 0 Å². The highest BCUT2D eigenvalue weighted by Crippen LogP contribution is 2.22. The molecule has 0 saturated heterocycles. The maximum absolute atomic E-state index is 11.7. The van der Waals surface area contributed by atoms with Gasteiger partial charge in [-0.3, -0.25) is 13.5 Å². The van der Waals surface area contributed by atoms with E-state index in [0.29, 0.717) is 6.42 Å². The molecule has 1 N–H and O–H groups in total. The molecule has 0 rings (SSSR count). The number of hydrogen-bond donors (Lipinski definition) is 1. The Morgan fingerprint density at radius 3 is 2.17 bits per heavy atom. The van der Waals surface area contributed by atoms with Gasteiger partial charge in [0.1, 0.15) is 0 Å². The molecule has 0 aromatic rings. The molecule has 0 amide bonds. The lowest BCUT2D eigenvalue weighted by atomic mass is 9.91. The summed E-state index contributed by atoms with van der Waals surface area (Å²) in [5.41, 5.74) is -0.534. The molecule has 0 fully saturated rings. The van der Waals surface area contributed by atoms with Crippen molar-refractivity contribution in [3.63, 3.8) is 0 Å². The zero-order valence-corrected chi connectivity index (χ0v) is 15.6. The highest BCUT2D eigenvalue weighted by Gasteiger charge is 2.23. The van der Waals surface area contributed by atoms with Gasteiger partial charge in [0.15, 0.2) is 0 Å². The SMILES string of the molecule is CC(C)C(=O)OCCC(C)(C)COS(=O)(=O)CCCS(=O)(=O)O. The molecule has 0 aromatic carbocycles. The van der Waals surface area contributed by atoms with Crippen LogP contribution in [0, 0.1) is 11.3 Å². The van der Waals surface area contributed by atoms with Crippen LogP contribution in [0.2, 0.25) is 0 Å². The summed E-state index contributed by atoms with van der Waals surface area (Å²) >= 11 is 0. The van der Waals surface area contributed by atoms with E-state index in [1.54, 1.807) is 27.7 Å². The lowest BCUT2D eigenvalue weighted by Gasteiger charge is -2.24. The Kier molecular flexibility index (Phi) is 8.68. The molecule has 0 unspecified atom stereocenters. The summed E-state index contributed by atoms with van der Waals surface area (Å²) in [7, 11) is -8.06. The van der Waals surface area contributed by atoms with Crippen molar-refractivity contribution in [2.45, 2.75) is 40.5 Å². The summed E-state index contributed by atoms with van der Waals surface area (Å²) < 4.78 is 62.8. The van der Waals surface area contributed by atoms with Gasteiger partial charge in [-0.2, -0.15) is 16.8 Å². The Labute approximate surface area is 138 Å². The van der Waals surface area contributed by atoms with E-state index in [1.807, 2.05) is 0 Å². The fraction of sp³-hybridized carbons (Fsp3) is 0.923. The average Bonchev–Trinajstić information content (AvgIpc) is 2.34. The van der Waals surface area contributed by atoms with Crippen molar-refractivity contribution in [2.24, 2.45) is 11.3 Å². The van der Waals surface area contributed by atoms with Crippen LogP contribution < -0.4 is 0 Å². The minimum Gasteiger partial charge on any atom is -0.465 e. The van der Waals surface area contributed by atoms with Gasteiger partial charge in [-0.15, -0.1) is 0 Å². The monoisotopic (exact) mass is 374 g/mol. The molecule has 0 saturated carbocycles. The second-order valence-corrected chi connectivity index (χ2v) is 9.73. The third-order valence-electron chi connectivity index (χ3n) is 2.92. The van der Waals surface area contributed by atoms with Crippen molar-refractivity contribution in [3.05, 3.63) is 0 Å². The fourth-order valence-electron chi connectivity index (χ4n) is 1.39. The highest BCUT2D eigenvalue weighted by molar-refractivity contribution is 7.87. The van der Waals surface area contributed by atoms with Gasteiger partial charge < -0.3 is 4.74 Å². The van der Waals surface area contributed by atoms with E-state index in [4.69, 9.17) is 13.5 Å². The first-order chi connectivity index (χ1) is 10.2. The van der Waals surface area contributed by atoms with Gasteiger partial charge in [-0.25, -0.2) is 0 Å². The number of esters is 1. The molecule has 0 aliphatic rings.